The van der Waals surface area contributed by atoms with Gasteiger partial charge < -0.3 is 32.3 Å². The second kappa shape index (κ2) is 34.7. The van der Waals surface area contributed by atoms with Crippen LogP contribution in [0.4, 0.5) is 26.7 Å². The fourth-order valence-corrected chi connectivity index (χ4v) is 10.1. The number of isocyanates is 1. The molecule has 3 saturated heterocycles. The second-order valence-electron chi connectivity index (χ2n) is 20.3. The summed E-state index contributed by atoms with van der Waals surface area (Å²) in [6.45, 7) is 8.28. The number of nitrogens with zero attached hydrogens (tertiary/aromatic N) is 3. The van der Waals surface area contributed by atoms with Crippen LogP contribution in [-0.4, -0.2) is 93.7 Å². The molecule has 4 amide bonds. The molecule has 0 aromatic heterocycles. The average molecular weight is 1090 g/mol. The molecule has 0 atom stereocenters. The topological polar surface area (TPSA) is 156 Å². The summed E-state index contributed by atoms with van der Waals surface area (Å²) in [7, 11) is 0. The van der Waals surface area contributed by atoms with Crippen LogP contribution in [0.1, 0.15) is 57.1 Å². The zero-order valence-corrected chi connectivity index (χ0v) is 46.2. The van der Waals surface area contributed by atoms with E-state index in [1.54, 1.807) is 12.1 Å². The molecule has 0 aliphatic carbocycles. The minimum atomic E-state index is -0.130. The van der Waals surface area contributed by atoms with E-state index in [1.807, 2.05) is 152 Å². The van der Waals surface area contributed by atoms with Gasteiger partial charge in [-0.15, -0.1) is 0 Å². The number of aliphatic imine (C=N–C) groups is 1. The molecule has 13 heteroatoms. The van der Waals surface area contributed by atoms with Gasteiger partial charge in [-0.2, -0.15) is 4.99 Å². The molecule has 0 spiro atoms. The van der Waals surface area contributed by atoms with Gasteiger partial charge in [0.1, 0.15) is 0 Å². The van der Waals surface area contributed by atoms with Crippen LogP contribution >= 0.6 is 0 Å². The van der Waals surface area contributed by atoms with Crippen molar-refractivity contribution in [1.82, 2.24) is 25.8 Å². The van der Waals surface area contributed by atoms with Crippen LogP contribution < -0.4 is 32.3 Å². The Bertz CT molecular complexity index is 3130. The smallest absolute Gasteiger partial charge is 0.319 e. The zero-order chi connectivity index (χ0) is 55.4. The Balaban J connectivity index is 0.000000182. The third-order valence-electron chi connectivity index (χ3n) is 14.4. The van der Waals surface area contributed by atoms with E-state index in [4.69, 9.17) is 5.73 Å². The van der Waals surface area contributed by atoms with Crippen molar-refractivity contribution in [2.75, 3.05) is 49.9 Å². The van der Waals surface area contributed by atoms with Gasteiger partial charge in [0.15, 0.2) is 0 Å². The first-order chi connectivity index (χ1) is 39.4. The molecule has 421 valence electrons. The fraction of sp³-hybridized carbons (Fsp3) is 0.261. The first-order valence-electron chi connectivity index (χ1n) is 28.0. The maximum absolute atomic E-state index is 12.6. The van der Waals surface area contributed by atoms with Crippen molar-refractivity contribution < 1.29 is 14.4 Å². The number of nitrogens with one attached hydrogen (secondary N) is 5. The molecular formula is C69H79BN9O3. The third-order valence-corrected chi connectivity index (χ3v) is 14.4. The first kappa shape index (κ1) is 62.8. The van der Waals surface area contributed by atoms with Gasteiger partial charge in [-0.25, -0.2) is 14.4 Å². The Labute approximate surface area is 488 Å². The lowest BCUT2D eigenvalue weighted by Gasteiger charge is -2.32. The summed E-state index contributed by atoms with van der Waals surface area (Å²) in [4.78, 5) is 43.7. The second-order valence-corrected chi connectivity index (χ2v) is 20.3. The number of urea groups is 2. The zero-order valence-electron chi connectivity index (χ0n) is 46.2. The third kappa shape index (κ3) is 20.6. The number of rotatable bonds is 12. The number of likely N-dealkylation sites (tertiary alicyclic amines) is 2. The quantitative estimate of drug-likeness (QED) is 0.0404. The van der Waals surface area contributed by atoms with Crippen molar-refractivity contribution in [3.63, 3.8) is 0 Å². The number of amides is 4. The summed E-state index contributed by atoms with van der Waals surface area (Å²) < 4.78 is 0. The number of hydrogen-bond donors (Lipinski definition) is 6. The maximum Gasteiger partial charge on any atom is 0.319 e. The number of nitrogens with two attached hydrogens (primary N) is 1. The number of anilines is 2. The van der Waals surface area contributed by atoms with Crippen molar-refractivity contribution in [3.05, 3.63) is 236 Å². The molecule has 12 nitrogen and oxygen atoms in total. The molecule has 7 N–H and O–H groups in total. The standard InChI is InChI=1S/C25H27N3O.C18H21N3O.C13H9NO.C12H18N2.CH4.B/c29-25(27-24-14-8-7-13-23(24)21-11-5-2-6-12-21)26-22-15-17-28(18-16-22)19-20-9-3-1-4-10-20;22-18(20-15-10-12-19-13-11-15)21-17-9-5-4-8-16(17)14-6-2-1-3-7-14;15-10-14-13-9-5-4-8-12(13)11-6-2-1-3-7-11;13-12-6-8-14(9-7-12)10-11-4-2-1-3-5-11;;/h1-14,22H,15-19H2,(H2,26,27,29);1-9,15,19H,10-13H2,(H2,20,21,22);1-9H;1-5,12H,6-10,13H2;1H4;. The number of carbonyl (C=O) groups is 2. The fourth-order valence-electron chi connectivity index (χ4n) is 10.1. The van der Waals surface area contributed by atoms with Crippen LogP contribution in [0.15, 0.2) is 229 Å². The monoisotopic (exact) mass is 1090 g/mol. The average Bonchev–Trinajstić information content (AvgIpc) is 3.53. The van der Waals surface area contributed by atoms with Crippen molar-refractivity contribution in [3.8, 4) is 33.4 Å². The van der Waals surface area contributed by atoms with Gasteiger partial charge in [-0.3, -0.25) is 9.80 Å². The van der Waals surface area contributed by atoms with Gasteiger partial charge in [0, 0.05) is 69.4 Å². The molecule has 8 aromatic carbocycles. The van der Waals surface area contributed by atoms with E-state index in [1.165, 1.54) is 11.1 Å². The number of para-hydroxylation sites is 3. The highest BCUT2D eigenvalue weighted by Crippen LogP contribution is 2.31. The Kier molecular flexibility index (Phi) is 26.5. The van der Waals surface area contributed by atoms with Crippen LogP contribution in [0.3, 0.4) is 0 Å². The van der Waals surface area contributed by atoms with Gasteiger partial charge in [0.05, 0.1) is 17.1 Å². The number of hydrogen-bond acceptors (Lipinski definition) is 8. The molecule has 8 aromatic rings. The van der Waals surface area contributed by atoms with Crippen LogP contribution in [0.25, 0.3) is 33.4 Å². The summed E-state index contributed by atoms with van der Waals surface area (Å²) in [6, 6.07) is 75.2. The molecule has 11 rings (SSSR count). The SMILES string of the molecule is C.NC1CCN(Cc2ccccc2)CC1.O=C(Nc1ccccc1-c1ccccc1)NC1CCN(Cc2ccccc2)CC1.O=C(Nc1ccccc1-c1ccccc1)NC1CCNCC1.O=C=Nc1ccccc1-c1ccccc1.[B]. The molecule has 0 bridgehead atoms. The Morgan fingerprint density at radius 1 is 0.463 bits per heavy atom. The van der Waals surface area contributed by atoms with Crippen molar-refractivity contribution in [2.45, 2.75) is 77.2 Å². The largest absolute Gasteiger partial charge is 0.335 e. The van der Waals surface area contributed by atoms with Crippen molar-refractivity contribution in [1.29, 1.82) is 0 Å². The summed E-state index contributed by atoms with van der Waals surface area (Å²) in [6.07, 6.45) is 7.77. The van der Waals surface area contributed by atoms with Gasteiger partial charge in [-0.05, 0) is 111 Å². The van der Waals surface area contributed by atoms with Crippen LogP contribution in [0.2, 0.25) is 0 Å². The lowest BCUT2D eigenvalue weighted by atomic mass is 10.0. The molecule has 0 unspecified atom stereocenters. The molecular weight excluding hydrogens is 1010 g/mol. The Hall–Kier alpha value is -8.42. The van der Waals surface area contributed by atoms with E-state index < -0.39 is 0 Å². The van der Waals surface area contributed by atoms with E-state index >= 15 is 0 Å². The Morgan fingerprint density at radius 3 is 1.23 bits per heavy atom. The van der Waals surface area contributed by atoms with Crippen LogP contribution in [0, 0.1) is 0 Å². The molecule has 0 saturated carbocycles. The lowest BCUT2D eigenvalue weighted by molar-refractivity contribution is 0.190. The van der Waals surface area contributed by atoms with Gasteiger partial charge in [0.25, 0.3) is 0 Å². The highest BCUT2D eigenvalue weighted by Gasteiger charge is 2.22. The first-order valence-corrected chi connectivity index (χ1v) is 28.0. The number of benzene rings is 8. The molecule has 3 aliphatic rings. The predicted octanol–water partition coefficient (Wildman–Crippen LogP) is 13.6. The molecule has 82 heavy (non-hydrogen) atoms. The van der Waals surface area contributed by atoms with Crippen molar-refractivity contribution in [2.24, 2.45) is 10.7 Å². The number of piperidine rings is 3. The predicted molar refractivity (Wildman–Crippen MR) is 340 cm³/mol. The maximum atomic E-state index is 12.6. The summed E-state index contributed by atoms with van der Waals surface area (Å²) in [5.74, 6) is 0. The van der Waals surface area contributed by atoms with Crippen LogP contribution in [-0.2, 0) is 17.9 Å². The molecule has 3 radical (unpaired) electrons. The minimum absolute atomic E-state index is 0. The normalized spacial score (nSPS) is 14.5. The van der Waals surface area contributed by atoms with Gasteiger partial charge in [0.2, 0.25) is 6.08 Å². The van der Waals surface area contributed by atoms with E-state index in [9.17, 15) is 14.4 Å². The summed E-state index contributed by atoms with van der Waals surface area (Å²) in [5, 5.41) is 15.5. The minimum Gasteiger partial charge on any atom is -0.335 e. The van der Waals surface area contributed by atoms with Gasteiger partial charge >= 0.3 is 12.1 Å². The highest BCUT2D eigenvalue weighted by atomic mass is 16.2. The van der Waals surface area contributed by atoms with Crippen molar-refractivity contribution >= 4 is 43.6 Å². The Morgan fingerprint density at radius 2 is 0.805 bits per heavy atom. The highest BCUT2D eigenvalue weighted by molar-refractivity contribution is 5.95. The van der Waals surface area contributed by atoms with Gasteiger partial charge in [-0.1, -0.05) is 214 Å². The van der Waals surface area contributed by atoms with E-state index in [0.717, 1.165) is 136 Å². The lowest BCUT2D eigenvalue weighted by Crippen LogP contribution is -2.45. The van der Waals surface area contributed by atoms with Crippen LogP contribution in [0.5, 0.6) is 0 Å². The van der Waals surface area contributed by atoms with E-state index in [0.29, 0.717) is 11.7 Å². The van der Waals surface area contributed by atoms with E-state index in [2.05, 4.69) is 108 Å². The molecule has 3 aliphatic heterocycles. The summed E-state index contributed by atoms with van der Waals surface area (Å²) in [5.41, 5.74) is 17.2. The molecule has 3 fully saturated rings. The summed E-state index contributed by atoms with van der Waals surface area (Å²) >= 11 is 0. The molecule has 3 heterocycles. The number of carbonyl (C=O) groups excluding carboxylic acids is 3. The van der Waals surface area contributed by atoms with E-state index in [-0.39, 0.29) is 40.0 Å².